The van der Waals surface area contributed by atoms with Gasteiger partial charge in [-0.3, -0.25) is 4.79 Å². The minimum atomic E-state index is -0.191. The first-order valence-electron chi connectivity index (χ1n) is 3.16. The van der Waals surface area contributed by atoms with Crippen LogP contribution in [0.3, 0.4) is 0 Å². The van der Waals surface area contributed by atoms with Crippen LogP contribution in [0.2, 0.25) is 0 Å². The summed E-state index contributed by atoms with van der Waals surface area (Å²) in [7, 11) is 0. The highest BCUT2D eigenvalue weighted by Gasteiger charge is 2.07. The van der Waals surface area contributed by atoms with Crippen LogP contribution in [-0.2, 0) is 4.79 Å². The van der Waals surface area contributed by atoms with Gasteiger partial charge >= 0.3 is 0 Å². The van der Waals surface area contributed by atoms with Crippen molar-refractivity contribution in [3.8, 4) is 6.07 Å². The summed E-state index contributed by atoms with van der Waals surface area (Å²) in [6.07, 6.45) is 0.297. The predicted molar refractivity (Wildman–Crippen MR) is 39.2 cm³/mol. The Bertz CT molecular complexity index is 188. The summed E-state index contributed by atoms with van der Waals surface area (Å²) in [5.74, 6) is -0.210. The number of hydrogen-bond donors (Lipinski definition) is 0. The highest BCUT2D eigenvalue weighted by Crippen LogP contribution is 2.04. The first-order valence-corrected chi connectivity index (χ1v) is 3.16. The van der Waals surface area contributed by atoms with Crippen molar-refractivity contribution < 1.29 is 4.79 Å². The van der Waals surface area contributed by atoms with Crippen LogP contribution in [-0.4, -0.2) is 5.78 Å². The minimum Gasteiger partial charge on any atom is -0.295 e. The monoisotopic (exact) mass is 137 g/mol. The lowest BCUT2D eigenvalue weighted by Gasteiger charge is -1.98. The second-order valence-electron chi connectivity index (χ2n) is 2.44. The second kappa shape index (κ2) is 3.84. The number of nitrogens with zero attached hydrogens (tertiary/aromatic N) is 1. The zero-order valence-electron chi connectivity index (χ0n) is 6.35. The number of carbonyl (C=O) groups is 1. The number of Topliss-reactive ketones (excluding diaryl/α,β-unsaturated/α-hetero) is 1. The third-order valence-corrected chi connectivity index (χ3v) is 1.19. The SMILES string of the molecule is C=C(C)C(=O)CC(C)C#N. The van der Waals surface area contributed by atoms with Gasteiger partial charge in [0.05, 0.1) is 12.0 Å². The van der Waals surface area contributed by atoms with Gasteiger partial charge in [-0.1, -0.05) is 6.58 Å². The van der Waals surface area contributed by atoms with Crippen molar-refractivity contribution in [1.82, 2.24) is 0 Å². The molecule has 0 rings (SSSR count). The molecule has 54 valence electrons. The van der Waals surface area contributed by atoms with Gasteiger partial charge in [-0.15, -0.1) is 0 Å². The van der Waals surface area contributed by atoms with Gasteiger partial charge in [0, 0.05) is 6.42 Å². The zero-order chi connectivity index (χ0) is 8.15. The third-order valence-electron chi connectivity index (χ3n) is 1.19. The van der Waals surface area contributed by atoms with Gasteiger partial charge in [-0.25, -0.2) is 0 Å². The first kappa shape index (κ1) is 8.90. The summed E-state index contributed by atoms with van der Waals surface area (Å²) in [6, 6.07) is 1.99. The van der Waals surface area contributed by atoms with Gasteiger partial charge in [0.25, 0.3) is 0 Å². The summed E-state index contributed by atoms with van der Waals surface area (Å²) in [5, 5.41) is 8.33. The van der Waals surface area contributed by atoms with Gasteiger partial charge in [-0.05, 0) is 19.4 Å². The Morgan fingerprint density at radius 2 is 2.30 bits per heavy atom. The molecule has 0 aliphatic rings. The van der Waals surface area contributed by atoms with Gasteiger partial charge in [0.1, 0.15) is 0 Å². The van der Waals surface area contributed by atoms with Gasteiger partial charge in [0.2, 0.25) is 0 Å². The third kappa shape index (κ3) is 3.03. The second-order valence-corrected chi connectivity index (χ2v) is 2.44. The Labute approximate surface area is 61.2 Å². The van der Waals surface area contributed by atoms with E-state index in [4.69, 9.17) is 5.26 Å². The van der Waals surface area contributed by atoms with Crippen molar-refractivity contribution in [2.75, 3.05) is 0 Å². The fourth-order valence-electron chi connectivity index (χ4n) is 0.498. The van der Waals surface area contributed by atoms with Gasteiger partial charge in [-0.2, -0.15) is 5.26 Å². The molecule has 0 aliphatic heterocycles. The molecule has 0 saturated heterocycles. The van der Waals surface area contributed by atoms with E-state index in [2.05, 4.69) is 6.58 Å². The van der Waals surface area contributed by atoms with E-state index in [0.29, 0.717) is 12.0 Å². The van der Waals surface area contributed by atoms with Crippen molar-refractivity contribution in [1.29, 1.82) is 5.26 Å². The van der Waals surface area contributed by atoms with Crippen LogP contribution in [0.15, 0.2) is 12.2 Å². The lowest BCUT2D eigenvalue weighted by atomic mass is 10.0. The molecule has 10 heavy (non-hydrogen) atoms. The van der Waals surface area contributed by atoms with Crippen LogP contribution in [0.5, 0.6) is 0 Å². The molecule has 0 radical (unpaired) electrons. The Hall–Kier alpha value is -1.10. The largest absolute Gasteiger partial charge is 0.295 e. The maximum Gasteiger partial charge on any atom is 0.159 e. The Morgan fingerprint density at radius 1 is 1.80 bits per heavy atom. The highest BCUT2D eigenvalue weighted by atomic mass is 16.1. The molecule has 0 aliphatic carbocycles. The van der Waals surface area contributed by atoms with Gasteiger partial charge in [0.15, 0.2) is 5.78 Å². The topological polar surface area (TPSA) is 40.9 Å². The Kier molecular flexibility index (Phi) is 3.42. The van der Waals surface area contributed by atoms with Crippen LogP contribution >= 0.6 is 0 Å². The summed E-state index contributed by atoms with van der Waals surface area (Å²) in [5.41, 5.74) is 0.530. The molecule has 0 bridgehead atoms. The average molecular weight is 137 g/mol. The molecule has 1 atom stereocenters. The number of hydrogen-bond acceptors (Lipinski definition) is 2. The Balaban J connectivity index is 3.83. The molecular weight excluding hydrogens is 126 g/mol. The summed E-state index contributed by atoms with van der Waals surface area (Å²) < 4.78 is 0. The zero-order valence-corrected chi connectivity index (χ0v) is 6.35. The standard InChI is InChI=1S/C8H11NO/c1-6(2)8(10)4-7(3)5-9/h7H,1,4H2,2-3H3. The molecule has 1 unspecified atom stereocenters. The molecule has 0 aromatic heterocycles. The minimum absolute atomic E-state index is 0.0194. The van der Waals surface area contributed by atoms with E-state index >= 15 is 0 Å². The van der Waals surface area contributed by atoms with E-state index < -0.39 is 0 Å². The number of carbonyl (C=O) groups excluding carboxylic acids is 1. The van der Waals surface area contributed by atoms with E-state index in [-0.39, 0.29) is 11.7 Å². The molecule has 0 aromatic carbocycles. The van der Waals surface area contributed by atoms with Crippen molar-refractivity contribution in [2.45, 2.75) is 20.3 Å². The number of nitriles is 1. The molecule has 0 N–H and O–H groups in total. The van der Waals surface area contributed by atoms with E-state index in [1.165, 1.54) is 0 Å². The lowest BCUT2D eigenvalue weighted by molar-refractivity contribution is -0.115. The first-order chi connectivity index (χ1) is 4.57. The van der Waals surface area contributed by atoms with Crippen molar-refractivity contribution in [3.63, 3.8) is 0 Å². The smallest absolute Gasteiger partial charge is 0.159 e. The molecule has 2 heteroatoms. The van der Waals surface area contributed by atoms with Crippen LogP contribution in [0.25, 0.3) is 0 Å². The number of ketones is 1. The lowest BCUT2D eigenvalue weighted by Crippen LogP contribution is -2.03. The predicted octanol–water partition coefficient (Wildman–Crippen LogP) is 1.68. The normalized spacial score (nSPS) is 11.7. The van der Waals surface area contributed by atoms with E-state index in [0.717, 1.165) is 0 Å². The fraction of sp³-hybridized carbons (Fsp3) is 0.500. The average Bonchev–Trinajstić information content (AvgIpc) is 1.87. The van der Waals surface area contributed by atoms with Crippen LogP contribution < -0.4 is 0 Å². The molecule has 0 fully saturated rings. The fourth-order valence-corrected chi connectivity index (χ4v) is 0.498. The molecule has 0 spiro atoms. The number of allylic oxidation sites excluding steroid dienone is 1. The quantitative estimate of drug-likeness (QED) is 0.555. The Morgan fingerprint density at radius 3 is 2.60 bits per heavy atom. The van der Waals surface area contributed by atoms with Crippen LogP contribution in [0.4, 0.5) is 0 Å². The summed E-state index contributed by atoms with van der Waals surface area (Å²) >= 11 is 0. The molecule has 0 saturated carbocycles. The van der Waals surface area contributed by atoms with E-state index in [1.807, 2.05) is 6.07 Å². The van der Waals surface area contributed by atoms with Gasteiger partial charge < -0.3 is 0 Å². The maximum absolute atomic E-state index is 10.9. The maximum atomic E-state index is 10.9. The molecule has 0 heterocycles. The van der Waals surface area contributed by atoms with Crippen molar-refractivity contribution in [3.05, 3.63) is 12.2 Å². The van der Waals surface area contributed by atoms with E-state index in [1.54, 1.807) is 13.8 Å². The molecule has 0 aromatic rings. The van der Waals surface area contributed by atoms with Crippen molar-refractivity contribution in [2.24, 2.45) is 5.92 Å². The van der Waals surface area contributed by atoms with E-state index in [9.17, 15) is 4.79 Å². The summed E-state index contributed by atoms with van der Waals surface area (Å²) in [6.45, 7) is 6.87. The molecule has 2 nitrogen and oxygen atoms in total. The van der Waals surface area contributed by atoms with Crippen LogP contribution in [0.1, 0.15) is 20.3 Å². The highest BCUT2D eigenvalue weighted by molar-refractivity contribution is 5.94. The number of rotatable bonds is 3. The summed E-state index contributed by atoms with van der Waals surface area (Å²) in [4.78, 5) is 10.9. The van der Waals surface area contributed by atoms with Crippen molar-refractivity contribution >= 4 is 5.78 Å². The molecule has 0 amide bonds. The van der Waals surface area contributed by atoms with Crippen LogP contribution in [0, 0.1) is 17.2 Å². The molecular formula is C8H11NO.